The van der Waals surface area contributed by atoms with Gasteiger partial charge in [0.15, 0.2) is 5.16 Å². The number of hydrogen-bond acceptors (Lipinski definition) is 4. The second-order valence-corrected chi connectivity index (χ2v) is 7.55. The van der Waals surface area contributed by atoms with Crippen molar-refractivity contribution in [2.24, 2.45) is 0 Å². The predicted octanol–water partition coefficient (Wildman–Crippen LogP) is 4.26. The first-order chi connectivity index (χ1) is 13.7. The zero-order valence-electron chi connectivity index (χ0n) is 16.1. The van der Waals surface area contributed by atoms with E-state index in [-0.39, 0.29) is 5.91 Å². The average molecular weight is 394 g/mol. The molecule has 28 heavy (non-hydrogen) atoms. The van der Waals surface area contributed by atoms with Gasteiger partial charge in [0.05, 0.1) is 24.8 Å². The molecule has 0 saturated heterocycles. The van der Waals surface area contributed by atoms with Crippen molar-refractivity contribution in [2.45, 2.75) is 25.0 Å². The standard InChI is InChI=1S/C22H23N3O2S/c1-3-24-20(17-8-10-18(27-2)11-9-17)14-23-22(24)28-15-21(26)25-13-12-16-6-4-5-7-19(16)25/h4-11,14H,3,12-13,15H2,1-2H3. The van der Waals surface area contributed by atoms with Crippen molar-refractivity contribution in [1.82, 2.24) is 9.55 Å². The number of carbonyl (C=O) groups is 1. The second-order valence-electron chi connectivity index (χ2n) is 6.61. The normalized spacial score (nSPS) is 12.9. The molecule has 0 N–H and O–H groups in total. The maximum Gasteiger partial charge on any atom is 0.237 e. The molecule has 0 aliphatic carbocycles. The van der Waals surface area contributed by atoms with Crippen LogP contribution in [0.15, 0.2) is 59.9 Å². The number of rotatable bonds is 6. The average Bonchev–Trinajstić information content (AvgIpc) is 3.36. The lowest BCUT2D eigenvalue weighted by Gasteiger charge is -2.17. The van der Waals surface area contributed by atoms with Crippen LogP contribution >= 0.6 is 11.8 Å². The van der Waals surface area contributed by atoms with Crippen LogP contribution in [0.4, 0.5) is 5.69 Å². The van der Waals surface area contributed by atoms with E-state index in [9.17, 15) is 4.79 Å². The number of thioether (sulfide) groups is 1. The van der Waals surface area contributed by atoms with E-state index in [2.05, 4.69) is 22.5 Å². The highest BCUT2D eigenvalue weighted by Gasteiger charge is 2.24. The van der Waals surface area contributed by atoms with E-state index < -0.39 is 0 Å². The first kappa shape index (κ1) is 18.6. The van der Waals surface area contributed by atoms with Crippen LogP contribution in [0.1, 0.15) is 12.5 Å². The highest BCUT2D eigenvalue weighted by molar-refractivity contribution is 7.99. The van der Waals surface area contributed by atoms with Crippen molar-refractivity contribution in [1.29, 1.82) is 0 Å². The zero-order chi connectivity index (χ0) is 19.5. The van der Waals surface area contributed by atoms with Gasteiger partial charge in [0, 0.05) is 24.3 Å². The Morgan fingerprint density at radius 3 is 2.71 bits per heavy atom. The third-order valence-corrected chi connectivity index (χ3v) is 6.01. The summed E-state index contributed by atoms with van der Waals surface area (Å²) in [5.74, 6) is 1.34. The molecule has 6 heteroatoms. The van der Waals surface area contributed by atoms with Gasteiger partial charge in [0.25, 0.3) is 0 Å². The fourth-order valence-electron chi connectivity index (χ4n) is 3.57. The third-order valence-electron chi connectivity index (χ3n) is 5.03. The highest BCUT2D eigenvalue weighted by Crippen LogP contribution is 2.30. The molecule has 144 valence electrons. The smallest absolute Gasteiger partial charge is 0.237 e. The van der Waals surface area contributed by atoms with E-state index in [1.165, 1.54) is 17.3 Å². The lowest BCUT2D eigenvalue weighted by molar-refractivity contribution is -0.116. The van der Waals surface area contributed by atoms with Gasteiger partial charge in [-0.05, 0) is 49.2 Å². The summed E-state index contributed by atoms with van der Waals surface area (Å²) in [5, 5.41) is 0.870. The molecule has 2 heterocycles. The molecule has 2 aromatic carbocycles. The number of aromatic nitrogens is 2. The topological polar surface area (TPSA) is 47.4 Å². The molecular formula is C22H23N3O2S. The van der Waals surface area contributed by atoms with Gasteiger partial charge >= 0.3 is 0 Å². The number of carbonyl (C=O) groups excluding carboxylic acids is 1. The molecule has 1 aliphatic heterocycles. The van der Waals surface area contributed by atoms with Crippen LogP contribution < -0.4 is 9.64 Å². The van der Waals surface area contributed by atoms with Crippen molar-refractivity contribution >= 4 is 23.4 Å². The fraction of sp³-hybridized carbons (Fsp3) is 0.273. The maximum atomic E-state index is 12.8. The number of amides is 1. The van der Waals surface area contributed by atoms with E-state index in [4.69, 9.17) is 4.74 Å². The number of ether oxygens (including phenoxy) is 1. The summed E-state index contributed by atoms with van der Waals surface area (Å²) >= 11 is 1.50. The summed E-state index contributed by atoms with van der Waals surface area (Å²) in [6.07, 6.45) is 2.81. The summed E-state index contributed by atoms with van der Waals surface area (Å²) in [6.45, 7) is 3.65. The monoisotopic (exact) mass is 393 g/mol. The van der Waals surface area contributed by atoms with Gasteiger partial charge in [-0.2, -0.15) is 0 Å². The number of methoxy groups -OCH3 is 1. The van der Waals surface area contributed by atoms with Crippen molar-refractivity contribution in [3.8, 4) is 17.0 Å². The van der Waals surface area contributed by atoms with Crippen molar-refractivity contribution < 1.29 is 9.53 Å². The lowest BCUT2D eigenvalue weighted by atomic mass is 10.1. The van der Waals surface area contributed by atoms with E-state index in [1.54, 1.807) is 7.11 Å². The molecule has 1 amide bonds. The Bertz CT molecular complexity index is 982. The molecule has 0 saturated carbocycles. The molecule has 0 radical (unpaired) electrons. The number of hydrogen-bond donors (Lipinski definition) is 0. The Morgan fingerprint density at radius 2 is 1.96 bits per heavy atom. The molecule has 1 aromatic heterocycles. The molecule has 5 nitrogen and oxygen atoms in total. The van der Waals surface area contributed by atoms with Crippen LogP contribution in [0.3, 0.4) is 0 Å². The number of fused-ring (bicyclic) bond motifs is 1. The van der Waals surface area contributed by atoms with Gasteiger partial charge in [0.2, 0.25) is 5.91 Å². The Kier molecular flexibility index (Phi) is 5.39. The fourth-order valence-corrected chi connectivity index (χ4v) is 4.49. The van der Waals surface area contributed by atoms with E-state index in [1.807, 2.05) is 53.6 Å². The first-order valence-corrected chi connectivity index (χ1v) is 10.4. The molecule has 0 fully saturated rings. The minimum absolute atomic E-state index is 0.131. The van der Waals surface area contributed by atoms with Gasteiger partial charge in [-0.15, -0.1) is 0 Å². The van der Waals surface area contributed by atoms with Gasteiger partial charge in [-0.25, -0.2) is 4.98 Å². The number of imidazole rings is 1. The molecule has 0 unspecified atom stereocenters. The summed E-state index contributed by atoms with van der Waals surface area (Å²) in [7, 11) is 1.66. The van der Waals surface area contributed by atoms with Gasteiger partial charge in [0.1, 0.15) is 5.75 Å². The minimum Gasteiger partial charge on any atom is -0.497 e. The molecule has 0 bridgehead atoms. The van der Waals surface area contributed by atoms with E-state index in [0.717, 1.165) is 47.4 Å². The number of nitrogens with zero attached hydrogens (tertiary/aromatic N) is 3. The van der Waals surface area contributed by atoms with Crippen LogP contribution in [-0.4, -0.2) is 34.9 Å². The Morgan fingerprint density at radius 1 is 1.18 bits per heavy atom. The number of para-hydroxylation sites is 1. The second kappa shape index (κ2) is 8.10. The van der Waals surface area contributed by atoms with E-state index >= 15 is 0 Å². The molecule has 1 aliphatic rings. The molecule has 3 aromatic rings. The number of anilines is 1. The van der Waals surface area contributed by atoms with Crippen molar-refractivity contribution in [2.75, 3.05) is 24.3 Å². The summed E-state index contributed by atoms with van der Waals surface area (Å²) in [5.41, 5.74) is 4.43. The Hall–Kier alpha value is -2.73. The SMILES string of the molecule is CCn1c(-c2ccc(OC)cc2)cnc1SCC(=O)N1CCc2ccccc21. The summed E-state index contributed by atoms with van der Waals surface area (Å²) in [6, 6.07) is 16.1. The molecule has 0 atom stereocenters. The third kappa shape index (κ3) is 3.52. The van der Waals surface area contributed by atoms with Crippen LogP contribution in [-0.2, 0) is 17.8 Å². The number of benzene rings is 2. The summed E-state index contributed by atoms with van der Waals surface area (Å²) in [4.78, 5) is 19.3. The zero-order valence-corrected chi connectivity index (χ0v) is 16.9. The Labute approximate surface area is 169 Å². The Balaban J connectivity index is 1.48. The molecular weight excluding hydrogens is 370 g/mol. The maximum absolute atomic E-state index is 12.8. The van der Waals surface area contributed by atoms with Crippen LogP contribution in [0.25, 0.3) is 11.3 Å². The predicted molar refractivity (Wildman–Crippen MR) is 113 cm³/mol. The van der Waals surface area contributed by atoms with Crippen molar-refractivity contribution in [3.05, 3.63) is 60.3 Å². The van der Waals surface area contributed by atoms with Crippen LogP contribution in [0, 0.1) is 0 Å². The quantitative estimate of drug-likeness (QED) is 0.587. The minimum atomic E-state index is 0.131. The summed E-state index contributed by atoms with van der Waals surface area (Å²) < 4.78 is 7.39. The van der Waals surface area contributed by atoms with Crippen LogP contribution in [0.2, 0.25) is 0 Å². The molecule has 0 spiro atoms. The van der Waals surface area contributed by atoms with Crippen molar-refractivity contribution in [3.63, 3.8) is 0 Å². The lowest BCUT2D eigenvalue weighted by Crippen LogP contribution is -2.30. The highest BCUT2D eigenvalue weighted by atomic mass is 32.2. The largest absolute Gasteiger partial charge is 0.497 e. The van der Waals surface area contributed by atoms with Gasteiger partial charge < -0.3 is 14.2 Å². The first-order valence-electron chi connectivity index (χ1n) is 9.42. The van der Waals surface area contributed by atoms with Gasteiger partial charge in [-0.1, -0.05) is 30.0 Å². The molecule has 4 rings (SSSR count). The van der Waals surface area contributed by atoms with Crippen LogP contribution in [0.5, 0.6) is 5.75 Å². The van der Waals surface area contributed by atoms with Gasteiger partial charge in [-0.3, -0.25) is 4.79 Å². The van der Waals surface area contributed by atoms with E-state index in [0.29, 0.717) is 5.75 Å².